The normalized spacial score (nSPS) is 10.7. The van der Waals surface area contributed by atoms with Crippen LogP contribution in [0.3, 0.4) is 0 Å². The highest BCUT2D eigenvalue weighted by atomic mass is 16.3. The molecule has 2 N–H and O–H groups in total. The van der Waals surface area contributed by atoms with E-state index in [0.29, 0.717) is 17.7 Å². The van der Waals surface area contributed by atoms with E-state index in [1.807, 2.05) is 24.3 Å². The standard InChI is InChI=1S/C13H11N3O2/c17-13(16-7-12-14-5-6-15-12)10-8-18-11-4-2-1-3-9(10)11/h1-6,8H,7H2,(H,14,15)(H,16,17). The van der Waals surface area contributed by atoms with Gasteiger partial charge in [0.1, 0.15) is 17.7 Å². The molecule has 0 aliphatic carbocycles. The molecular weight excluding hydrogens is 230 g/mol. The quantitative estimate of drug-likeness (QED) is 0.737. The summed E-state index contributed by atoms with van der Waals surface area (Å²) in [5.41, 5.74) is 1.25. The predicted molar refractivity (Wildman–Crippen MR) is 66.0 cm³/mol. The number of nitrogens with zero attached hydrogens (tertiary/aromatic N) is 1. The Morgan fingerprint density at radius 2 is 2.28 bits per heavy atom. The second-order valence-corrected chi connectivity index (χ2v) is 3.86. The lowest BCUT2D eigenvalue weighted by atomic mass is 10.1. The Bertz CT molecular complexity index is 670. The summed E-state index contributed by atoms with van der Waals surface area (Å²) in [5, 5.41) is 3.60. The van der Waals surface area contributed by atoms with E-state index in [1.165, 1.54) is 6.26 Å². The van der Waals surface area contributed by atoms with Gasteiger partial charge in [0.2, 0.25) is 0 Å². The molecule has 2 aromatic heterocycles. The number of carbonyl (C=O) groups is 1. The highest BCUT2D eigenvalue weighted by Crippen LogP contribution is 2.20. The third-order valence-corrected chi connectivity index (χ3v) is 2.70. The van der Waals surface area contributed by atoms with E-state index in [1.54, 1.807) is 12.4 Å². The van der Waals surface area contributed by atoms with Crippen molar-refractivity contribution in [1.29, 1.82) is 0 Å². The molecule has 5 heteroatoms. The Morgan fingerprint density at radius 1 is 1.39 bits per heavy atom. The van der Waals surface area contributed by atoms with Crippen LogP contribution in [-0.2, 0) is 6.54 Å². The molecule has 0 saturated heterocycles. The maximum absolute atomic E-state index is 12.0. The molecule has 2 heterocycles. The zero-order valence-corrected chi connectivity index (χ0v) is 9.51. The summed E-state index contributed by atoms with van der Waals surface area (Å²) in [6.45, 7) is 0.366. The molecule has 0 unspecified atom stereocenters. The summed E-state index contributed by atoms with van der Waals surface area (Å²) in [5.74, 6) is 0.549. The first-order valence-electron chi connectivity index (χ1n) is 5.57. The molecule has 0 saturated carbocycles. The number of fused-ring (bicyclic) bond motifs is 1. The van der Waals surface area contributed by atoms with Crippen LogP contribution in [-0.4, -0.2) is 15.9 Å². The minimum Gasteiger partial charge on any atom is -0.463 e. The van der Waals surface area contributed by atoms with Gasteiger partial charge >= 0.3 is 0 Å². The lowest BCUT2D eigenvalue weighted by Crippen LogP contribution is -2.23. The number of imidazole rings is 1. The number of aromatic amines is 1. The van der Waals surface area contributed by atoms with Crippen molar-refractivity contribution in [3.63, 3.8) is 0 Å². The fourth-order valence-electron chi connectivity index (χ4n) is 1.81. The van der Waals surface area contributed by atoms with Crippen LogP contribution in [0.1, 0.15) is 16.2 Å². The molecule has 0 fully saturated rings. The highest BCUT2D eigenvalue weighted by Gasteiger charge is 2.12. The Hall–Kier alpha value is -2.56. The molecule has 5 nitrogen and oxygen atoms in total. The smallest absolute Gasteiger partial charge is 0.255 e. The fourth-order valence-corrected chi connectivity index (χ4v) is 1.81. The Morgan fingerprint density at radius 3 is 3.11 bits per heavy atom. The fraction of sp³-hybridized carbons (Fsp3) is 0.0769. The van der Waals surface area contributed by atoms with E-state index in [-0.39, 0.29) is 5.91 Å². The van der Waals surface area contributed by atoms with Gasteiger partial charge in [-0.1, -0.05) is 18.2 Å². The maximum Gasteiger partial charge on any atom is 0.255 e. The van der Waals surface area contributed by atoms with Crippen molar-refractivity contribution < 1.29 is 9.21 Å². The zero-order valence-electron chi connectivity index (χ0n) is 9.51. The molecule has 3 rings (SSSR count). The van der Waals surface area contributed by atoms with Gasteiger partial charge in [-0.3, -0.25) is 4.79 Å². The monoisotopic (exact) mass is 241 g/mol. The van der Waals surface area contributed by atoms with Crippen molar-refractivity contribution in [2.75, 3.05) is 0 Å². The van der Waals surface area contributed by atoms with E-state index in [2.05, 4.69) is 15.3 Å². The molecule has 0 radical (unpaired) electrons. The number of furan rings is 1. The number of nitrogens with one attached hydrogen (secondary N) is 2. The van der Waals surface area contributed by atoms with E-state index in [9.17, 15) is 4.79 Å². The molecule has 0 aliphatic heterocycles. The third-order valence-electron chi connectivity index (χ3n) is 2.70. The van der Waals surface area contributed by atoms with Crippen LogP contribution in [0, 0.1) is 0 Å². The number of amides is 1. The van der Waals surface area contributed by atoms with Gasteiger partial charge in [-0.2, -0.15) is 0 Å². The van der Waals surface area contributed by atoms with Gasteiger partial charge in [0, 0.05) is 17.8 Å². The number of hydrogen-bond donors (Lipinski definition) is 2. The molecule has 3 aromatic rings. The SMILES string of the molecule is O=C(NCc1ncc[nH]1)c1coc2ccccc12. The summed E-state index contributed by atoms with van der Waals surface area (Å²) in [7, 11) is 0. The number of para-hydroxylation sites is 1. The van der Waals surface area contributed by atoms with Crippen molar-refractivity contribution in [2.45, 2.75) is 6.54 Å². The molecular formula is C13H11N3O2. The lowest BCUT2D eigenvalue weighted by Gasteiger charge is -2.01. The van der Waals surface area contributed by atoms with E-state index in [4.69, 9.17) is 4.42 Å². The van der Waals surface area contributed by atoms with Gasteiger partial charge in [-0.15, -0.1) is 0 Å². The van der Waals surface area contributed by atoms with Crippen molar-refractivity contribution in [2.24, 2.45) is 0 Å². The number of rotatable bonds is 3. The molecule has 0 spiro atoms. The predicted octanol–water partition coefficient (Wildman–Crippen LogP) is 2.09. The number of carbonyl (C=O) groups excluding carboxylic acids is 1. The average Bonchev–Trinajstić information content (AvgIpc) is 3.05. The van der Waals surface area contributed by atoms with Crippen molar-refractivity contribution in [1.82, 2.24) is 15.3 Å². The van der Waals surface area contributed by atoms with Crippen molar-refractivity contribution in [3.8, 4) is 0 Å². The van der Waals surface area contributed by atoms with Crippen LogP contribution in [0.2, 0.25) is 0 Å². The van der Waals surface area contributed by atoms with E-state index < -0.39 is 0 Å². The minimum absolute atomic E-state index is 0.170. The largest absolute Gasteiger partial charge is 0.463 e. The maximum atomic E-state index is 12.0. The van der Waals surface area contributed by atoms with E-state index >= 15 is 0 Å². The summed E-state index contributed by atoms with van der Waals surface area (Å²) >= 11 is 0. The summed E-state index contributed by atoms with van der Waals surface area (Å²) < 4.78 is 5.32. The topological polar surface area (TPSA) is 70.9 Å². The van der Waals surface area contributed by atoms with Crippen molar-refractivity contribution in [3.05, 3.63) is 54.3 Å². The van der Waals surface area contributed by atoms with Crippen LogP contribution in [0.5, 0.6) is 0 Å². The molecule has 90 valence electrons. The number of benzene rings is 1. The summed E-state index contributed by atoms with van der Waals surface area (Å²) in [4.78, 5) is 19.0. The van der Waals surface area contributed by atoms with Gasteiger partial charge in [0.05, 0.1) is 12.1 Å². The Balaban J connectivity index is 1.80. The Kier molecular flexibility index (Phi) is 2.57. The van der Waals surface area contributed by atoms with Gasteiger partial charge in [-0.25, -0.2) is 4.98 Å². The van der Waals surface area contributed by atoms with Crippen LogP contribution in [0.25, 0.3) is 11.0 Å². The number of hydrogen-bond acceptors (Lipinski definition) is 3. The lowest BCUT2D eigenvalue weighted by molar-refractivity contribution is 0.0951. The van der Waals surface area contributed by atoms with Crippen LogP contribution in [0.15, 0.2) is 47.3 Å². The van der Waals surface area contributed by atoms with Gasteiger partial charge in [0.15, 0.2) is 0 Å². The summed E-state index contributed by atoms with van der Waals surface area (Å²) in [6, 6.07) is 7.44. The first-order chi connectivity index (χ1) is 8.84. The molecule has 1 aromatic carbocycles. The van der Waals surface area contributed by atoms with Crippen molar-refractivity contribution >= 4 is 16.9 Å². The van der Waals surface area contributed by atoms with Crippen LogP contribution < -0.4 is 5.32 Å². The molecule has 18 heavy (non-hydrogen) atoms. The Labute approximate surface area is 103 Å². The molecule has 0 bridgehead atoms. The van der Waals surface area contributed by atoms with E-state index in [0.717, 1.165) is 11.2 Å². The zero-order chi connectivity index (χ0) is 12.4. The highest BCUT2D eigenvalue weighted by molar-refractivity contribution is 6.05. The minimum atomic E-state index is -0.170. The van der Waals surface area contributed by atoms with Crippen LogP contribution in [0.4, 0.5) is 0 Å². The molecule has 0 atom stereocenters. The van der Waals surface area contributed by atoms with Crippen LogP contribution >= 0.6 is 0 Å². The number of H-pyrrole nitrogens is 1. The van der Waals surface area contributed by atoms with Gasteiger partial charge in [0.25, 0.3) is 5.91 Å². The molecule has 0 aliphatic rings. The first kappa shape index (κ1) is 10.6. The average molecular weight is 241 g/mol. The second-order valence-electron chi connectivity index (χ2n) is 3.86. The number of aromatic nitrogens is 2. The van der Waals surface area contributed by atoms with Gasteiger partial charge in [-0.05, 0) is 6.07 Å². The van der Waals surface area contributed by atoms with Gasteiger partial charge < -0.3 is 14.7 Å². The molecule has 1 amide bonds. The first-order valence-corrected chi connectivity index (χ1v) is 5.57. The third kappa shape index (κ3) is 1.86. The summed E-state index contributed by atoms with van der Waals surface area (Å²) in [6.07, 6.45) is 4.84. The second kappa shape index (κ2) is 4.37.